The Balaban J connectivity index is 2.27. The molecule has 6 nitrogen and oxygen atoms in total. The van der Waals surface area contributed by atoms with Crippen molar-refractivity contribution >= 4 is 0 Å². The number of ether oxygens (including phenoxy) is 2. The van der Waals surface area contributed by atoms with E-state index in [0.29, 0.717) is 0 Å². The van der Waals surface area contributed by atoms with Crippen molar-refractivity contribution in [3.05, 3.63) is 12.2 Å². The number of hydrogen-bond donors (Lipinski definition) is 4. The van der Waals surface area contributed by atoms with Crippen molar-refractivity contribution in [3.63, 3.8) is 0 Å². The number of aliphatic hydroxyl groups is 4. The van der Waals surface area contributed by atoms with Gasteiger partial charge in [-0.1, -0.05) is 31.9 Å². The number of hydrogen-bond acceptors (Lipinski definition) is 6. The molecule has 0 aromatic heterocycles. The van der Waals surface area contributed by atoms with Gasteiger partial charge in [0.2, 0.25) is 0 Å². The van der Waals surface area contributed by atoms with Crippen LogP contribution in [0.2, 0.25) is 0 Å². The SMILES string of the molecule is CCCCC/C=C/CO[C@H]1O[C@H]([C@H](O)CO)[C@H](O)[C@H]1O. The Morgan fingerprint density at radius 2 is 1.95 bits per heavy atom. The fourth-order valence-corrected chi connectivity index (χ4v) is 2.08. The van der Waals surface area contributed by atoms with Gasteiger partial charge >= 0.3 is 0 Å². The molecule has 4 N–H and O–H groups in total. The molecule has 0 aliphatic carbocycles. The molecule has 0 amide bonds. The monoisotopic (exact) mass is 290 g/mol. The Bertz CT molecular complexity index is 283. The molecule has 1 heterocycles. The Kier molecular flexibility index (Phi) is 8.28. The van der Waals surface area contributed by atoms with Gasteiger partial charge in [0.25, 0.3) is 0 Å². The number of rotatable bonds is 9. The van der Waals surface area contributed by atoms with Crippen molar-refractivity contribution < 1.29 is 29.9 Å². The molecule has 1 aliphatic rings. The summed E-state index contributed by atoms with van der Waals surface area (Å²) in [7, 11) is 0. The summed E-state index contributed by atoms with van der Waals surface area (Å²) >= 11 is 0. The topological polar surface area (TPSA) is 99.4 Å². The lowest BCUT2D eigenvalue weighted by atomic mass is 10.1. The molecule has 0 bridgehead atoms. The zero-order chi connectivity index (χ0) is 15.0. The van der Waals surface area contributed by atoms with Crippen LogP contribution in [0, 0.1) is 0 Å². The summed E-state index contributed by atoms with van der Waals surface area (Å²) < 4.78 is 10.5. The standard InChI is InChI=1S/C14H26O6/c1-2-3-4-5-6-7-8-19-14-12(18)11(17)13(20-14)10(16)9-15/h6-7,10-18H,2-5,8-9H2,1H3/b7-6+/t10-,11-,12-,13-,14+/m1/s1. The minimum absolute atomic E-state index is 0.266. The van der Waals surface area contributed by atoms with E-state index in [0.717, 1.165) is 12.8 Å². The average molecular weight is 290 g/mol. The van der Waals surface area contributed by atoms with Gasteiger partial charge in [0.15, 0.2) is 6.29 Å². The van der Waals surface area contributed by atoms with Crippen molar-refractivity contribution in [2.24, 2.45) is 0 Å². The van der Waals surface area contributed by atoms with Crippen molar-refractivity contribution in [1.82, 2.24) is 0 Å². The molecule has 0 saturated carbocycles. The Labute approximate surface area is 119 Å². The summed E-state index contributed by atoms with van der Waals surface area (Å²) in [4.78, 5) is 0. The van der Waals surface area contributed by atoms with E-state index in [2.05, 4.69) is 6.92 Å². The fourth-order valence-electron chi connectivity index (χ4n) is 2.08. The van der Waals surface area contributed by atoms with Crippen LogP contribution in [0.4, 0.5) is 0 Å². The maximum atomic E-state index is 9.73. The van der Waals surface area contributed by atoms with Crippen molar-refractivity contribution in [1.29, 1.82) is 0 Å². The van der Waals surface area contributed by atoms with Gasteiger partial charge in [-0.25, -0.2) is 0 Å². The van der Waals surface area contributed by atoms with Crippen molar-refractivity contribution in [3.8, 4) is 0 Å². The number of unbranched alkanes of at least 4 members (excludes halogenated alkanes) is 3. The van der Waals surface area contributed by atoms with E-state index < -0.39 is 37.3 Å². The normalized spacial score (nSPS) is 32.0. The van der Waals surface area contributed by atoms with Gasteiger partial charge in [0.1, 0.15) is 24.4 Å². The molecule has 1 aliphatic heterocycles. The molecule has 1 fully saturated rings. The fraction of sp³-hybridized carbons (Fsp3) is 0.857. The summed E-state index contributed by atoms with van der Waals surface area (Å²) in [5, 5.41) is 37.7. The summed E-state index contributed by atoms with van der Waals surface area (Å²) in [5.74, 6) is 0. The molecular weight excluding hydrogens is 264 g/mol. The Morgan fingerprint density at radius 3 is 2.60 bits per heavy atom. The van der Waals surface area contributed by atoms with E-state index in [1.807, 2.05) is 12.2 Å². The first-order valence-electron chi connectivity index (χ1n) is 7.19. The van der Waals surface area contributed by atoms with Gasteiger partial charge in [-0.05, 0) is 12.8 Å². The molecule has 1 saturated heterocycles. The lowest BCUT2D eigenvalue weighted by molar-refractivity contribution is -0.175. The minimum atomic E-state index is -1.27. The van der Waals surface area contributed by atoms with Crippen LogP contribution in [0.5, 0.6) is 0 Å². The predicted octanol–water partition coefficient (Wildman–Crippen LogP) is -0.0606. The average Bonchev–Trinajstić information content (AvgIpc) is 2.74. The van der Waals surface area contributed by atoms with Crippen LogP contribution in [0.15, 0.2) is 12.2 Å². The lowest BCUT2D eigenvalue weighted by Gasteiger charge is -2.18. The maximum Gasteiger partial charge on any atom is 0.187 e. The van der Waals surface area contributed by atoms with Crippen LogP contribution in [0.25, 0.3) is 0 Å². The van der Waals surface area contributed by atoms with Crippen molar-refractivity contribution in [2.75, 3.05) is 13.2 Å². The second-order valence-corrected chi connectivity index (χ2v) is 5.00. The van der Waals surface area contributed by atoms with Crippen LogP contribution < -0.4 is 0 Å². The molecule has 0 radical (unpaired) electrons. The highest BCUT2D eigenvalue weighted by atomic mass is 16.7. The molecule has 1 rings (SSSR count). The molecule has 0 aromatic rings. The predicted molar refractivity (Wildman–Crippen MR) is 73.0 cm³/mol. The van der Waals surface area contributed by atoms with Crippen LogP contribution in [0.3, 0.4) is 0 Å². The van der Waals surface area contributed by atoms with Gasteiger partial charge in [-0.15, -0.1) is 0 Å². The summed E-state index contributed by atoms with van der Waals surface area (Å²) in [6.07, 6.45) is 2.59. The minimum Gasteiger partial charge on any atom is -0.394 e. The highest BCUT2D eigenvalue weighted by Crippen LogP contribution is 2.24. The molecule has 5 atom stereocenters. The second kappa shape index (κ2) is 9.44. The van der Waals surface area contributed by atoms with Gasteiger partial charge in [-0.3, -0.25) is 0 Å². The number of aliphatic hydroxyl groups excluding tert-OH is 4. The highest BCUT2D eigenvalue weighted by Gasteiger charge is 2.46. The van der Waals surface area contributed by atoms with Crippen molar-refractivity contribution in [2.45, 2.75) is 63.3 Å². The van der Waals surface area contributed by atoms with Crippen LogP contribution in [0.1, 0.15) is 32.6 Å². The molecule has 0 aromatic carbocycles. The van der Waals surface area contributed by atoms with E-state index in [9.17, 15) is 15.3 Å². The first-order chi connectivity index (χ1) is 9.61. The third kappa shape index (κ3) is 5.12. The third-order valence-electron chi connectivity index (χ3n) is 3.32. The van der Waals surface area contributed by atoms with Gasteiger partial charge < -0.3 is 29.9 Å². The molecule has 20 heavy (non-hydrogen) atoms. The Morgan fingerprint density at radius 1 is 1.20 bits per heavy atom. The van der Waals surface area contributed by atoms with E-state index in [4.69, 9.17) is 14.6 Å². The smallest absolute Gasteiger partial charge is 0.187 e. The van der Waals surface area contributed by atoms with E-state index in [-0.39, 0.29) is 6.61 Å². The highest BCUT2D eigenvalue weighted by molar-refractivity contribution is 4.91. The van der Waals surface area contributed by atoms with Gasteiger partial charge in [0, 0.05) is 0 Å². The first kappa shape index (κ1) is 17.6. The number of allylic oxidation sites excluding steroid dienone is 1. The molecular formula is C14H26O6. The van der Waals surface area contributed by atoms with Gasteiger partial charge in [0.05, 0.1) is 13.2 Å². The van der Waals surface area contributed by atoms with E-state index in [1.54, 1.807) is 0 Å². The molecule has 118 valence electrons. The van der Waals surface area contributed by atoms with Crippen LogP contribution in [-0.4, -0.2) is 64.3 Å². The first-order valence-corrected chi connectivity index (χ1v) is 7.19. The van der Waals surface area contributed by atoms with Crippen LogP contribution >= 0.6 is 0 Å². The third-order valence-corrected chi connectivity index (χ3v) is 3.32. The van der Waals surface area contributed by atoms with E-state index in [1.165, 1.54) is 12.8 Å². The maximum absolute atomic E-state index is 9.73. The largest absolute Gasteiger partial charge is 0.394 e. The second-order valence-electron chi connectivity index (χ2n) is 5.00. The van der Waals surface area contributed by atoms with Gasteiger partial charge in [-0.2, -0.15) is 0 Å². The van der Waals surface area contributed by atoms with Crippen LogP contribution in [-0.2, 0) is 9.47 Å². The van der Waals surface area contributed by atoms with E-state index >= 15 is 0 Å². The summed E-state index contributed by atoms with van der Waals surface area (Å²) in [6, 6.07) is 0. The Hall–Kier alpha value is -0.500. The molecule has 0 unspecified atom stereocenters. The lowest BCUT2D eigenvalue weighted by Crippen LogP contribution is -2.40. The molecule has 0 spiro atoms. The molecule has 6 heteroatoms. The quantitative estimate of drug-likeness (QED) is 0.351. The zero-order valence-electron chi connectivity index (χ0n) is 11.9. The summed E-state index contributed by atoms with van der Waals surface area (Å²) in [6.45, 7) is 1.87. The zero-order valence-corrected chi connectivity index (χ0v) is 11.9. The summed E-state index contributed by atoms with van der Waals surface area (Å²) in [5.41, 5.74) is 0.